The number of rotatable bonds is 6. The van der Waals surface area contributed by atoms with Crippen molar-refractivity contribution < 1.29 is 9.59 Å². The zero-order valence-electron chi connectivity index (χ0n) is 14.3. The van der Waals surface area contributed by atoms with Gasteiger partial charge in [-0.05, 0) is 38.7 Å². The Morgan fingerprint density at radius 2 is 1.82 bits per heavy atom. The van der Waals surface area contributed by atoms with Gasteiger partial charge in [0.15, 0.2) is 5.78 Å². The van der Waals surface area contributed by atoms with Crippen LogP contribution in [-0.4, -0.2) is 41.2 Å². The maximum absolute atomic E-state index is 12.5. The molecule has 6 heteroatoms. The Bertz CT molecular complexity index is 538. The molecular formula is C16H28ClN3O2. The van der Waals surface area contributed by atoms with Crippen molar-refractivity contribution in [2.75, 3.05) is 13.6 Å². The van der Waals surface area contributed by atoms with Crippen LogP contribution >= 0.6 is 12.4 Å². The van der Waals surface area contributed by atoms with Crippen LogP contribution in [-0.2, 0) is 0 Å². The van der Waals surface area contributed by atoms with E-state index in [1.807, 2.05) is 6.92 Å². The molecule has 0 spiro atoms. The summed E-state index contributed by atoms with van der Waals surface area (Å²) in [5, 5.41) is 0. The highest BCUT2D eigenvalue weighted by atomic mass is 35.5. The highest BCUT2D eigenvalue weighted by molar-refractivity contribution is 6.02. The van der Waals surface area contributed by atoms with Crippen LogP contribution in [0.25, 0.3) is 0 Å². The van der Waals surface area contributed by atoms with E-state index in [-0.39, 0.29) is 30.1 Å². The standard InChI is InChI=1S/C16H27N3O2.ClH/c1-9(2)13(17)7-8-19(6)16(21)15-10(3)14(12(5)20)11(4)18-15;/h9,13,18H,7-8,17H2,1-6H3;1H. The first-order valence-electron chi connectivity index (χ1n) is 7.37. The number of H-pyrrole nitrogens is 1. The molecule has 1 aromatic heterocycles. The van der Waals surface area contributed by atoms with E-state index in [9.17, 15) is 9.59 Å². The zero-order valence-corrected chi connectivity index (χ0v) is 15.1. The lowest BCUT2D eigenvalue weighted by Gasteiger charge is -2.21. The Morgan fingerprint density at radius 3 is 2.23 bits per heavy atom. The van der Waals surface area contributed by atoms with Crippen molar-refractivity contribution in [3.05, 3.63) is 22.5 Å². The molecule has 0 fully saturated rings. The van der Waals surface area contributed by atoms with Gasteiger partial charge in [-0.3, -0.25) is 9.59 Å². The third-order valence-corrected chi connectivity index (χ3v) is 4.00. The Kier molecular flexibility index (Phi) is 7.84. The summed E-state index contributed by atoms with van der Waals surface area (Å²) >= 11 is 0. The van der Waals surface area contributed by atoms with Gasteiger partial charge in [-0.15, -0.1) is 12.4 Å². The number of nitrogens with two attached hydrogens (primary N) is 1. The lowest BCUT2D eigenvalue weighted by molar-refractivity contribution is 0.0783. The summed E-state index contributed by atoms with van der Waals surface area (Å²) in [4.78, 5) is 28.8. The van der Waals surface area contributed by atoms with Crippen LogP contribution in [0.15, 0.2) is 0 Å². The van der Waals surface area contributed by atoms with Gasteiger partial charge in [0.05, 0.1) is 0 Å². The van der Waals surface area contributed by atoms with Crippen molar-refractivity contribution in [2.45, 2.75) is 47.1 Å². The van der Waals surface area contributed by atoms with Crippen LogP contribution in [0.2, 0.25) is 0 Å². The number of nitrogens with zero attached hydrogens (tertiary/aromatic N) is 1. The first kappa shape index (κ1) is 20.7. The predicted octanol–water partition coefficient (Wildman–Crippen LogP) is 2.70. The molecular weight excluding hydrogens is 302 g/mol. The van der Waals surface area contributed by atoms with E-state index in [1.165, 1.54) is 6.92 Å². The molecule has 22 heavy (non-hydrogen) atoms. The molecule has 0 aromatic carbocycles. The number of nitrogens with one attached hydrogen (secondary N) is 1. The Hall–Kier alpha value is -1.33. The molecule has 0 aliphatic rings. The van der Waals surface area contributed by atoms with Crippen LogP contribution in [0.4, 0.5) is 0 Å². The van der Waals surface area contributed by atoms with Gasteiger partial charge in [-0.1, -0.05) is 13.8 Å². The average Bonchev–Trinajstić information content (AvgIpc) is 2.69. The third-order valence-electron chi connectivity index (χ3n) is 4.00. The predicted molar refractivity (Wildman–Crippen MR) is 91.9 cm³/mol. The molecule has 1 heterocycles. The van der Waals surface area contributed by atoms with Gasteiger partial charge in [0, 0.05) is 30.9 Å². The van der Waals surface area contributed by atoms with Gasteiger partial charge in [0.25, 0.3) is 5.91 Å². The highest BCUT2D eigenvalue weighted by Gasteiger charge is 2.22. The molecule has 0 aliphatic carbocycles. The molecule has 1 amide bonds. The number of aryl methyl sites for hydroxylation is 1. The smallest absolute Gasteiger partial charge is 0.270 e. The van der Waals surface area contributed by atoms with Crippen molar-refractivity contribution in [2.24, 2.45) is 11.7 Å². The number of hydrogen-bond donors (Lipinski definition) is 2. The van der Waals surface area contributed by atoms with E-state index in [4.69, 9.17) is 5.73 Å². The van der Waals surface area contributed by atoms with E-state index < -0.39 is 0 Å². The van der Waals surface area contributed by atoms with Crippen LogP contribution in [0.3, 0.4) is 0 Å². The van der Waals surface area contributed by atoms with Gasteiger partial charge in [0.2, 0.25) is 0 Å². The zero-order chi connectivity index (χ0) is 16.3. The second-order valence-electron chi connectivity index (χ2n) is 6.10. The second kappa shape index (κ2) is 8.34. The Balaban J connectivity index is 0.00000441. The molecule has 0 radical (unpaired) electrons. The minimum Gasteiger partial charge on any atom is -0.354 e. The second-order valence-corrected chi connectivity index (χ2v) is 6.10. The van der Waals surface area contributed by atoms with Crippen molar-refractivity contribution in [3.8, 4) is 0 Å². The molecule has 126 valence electrons. The number of halogens is 1. The van der Waals surface area contributed by atoms with Gasteiger partial charge in [-0.2, -0.15) is 0 Å². The van der Waals surface area contributed by atoms with Gasteiger partial charge < -0.3 is 15.6 Å². The third kappa shape index (κ3) is 4.58. The topological polar surface area (TPSA) is 79.2 Å². The van der Waals surface area contributed by atoms with Crippen LogP contribution in [0, 0.1) is 19.8 Å². The van der Waals surface area contributed by atoms with Gasteiger partial charge >= 0.3 is 0 Å². The number of aromatic nitrogens is 1. The normalized spacial score (nSPS) is 12.0. The maximum Gasteiger partial charge on any atom is 0.270 e. The number of hydrogen-bond acceptors (Lipinski definition) is 3. The maximum atomic E-state index is 12.5. The minimum absolute atomic E-state index is 0. The fraction of sp³-hybridized carbons (Fsp3) is 0.625. The summed E-state index contributed by atoms with van der Waals surface area (Å²) in [5.41, 5.74) is 8.60. The highest BCUT2D eigenvalue weighted by Crippen LogP contribution is 2.19. The lowest BCUT2D eigenvalue weighted by Crippen LogP contribution is -2.35. The number of Topliss-reactive ketones (excluding diaryl/α,β-unsaturated/α-hetero) is 1. The SMILES string of the molecule is CC(=O)c1c(C)[nH]c(C(=O)N(C)CCC(N)C(C)C)c1C.Cl. The van der Waals surface area contributed by atoms with E-state index in [0.717, 1.165) is 17.7 Å². The summed E-state index contributed by atoms with van der Waals surface area (Å²) in [5.74, 6) is 0.274. The van der Waals surface area contributed by atoms with E-state index in [1.54, 1.807) is 18.9 Å². The molecule has 1 aromatic rings. The fourth-order valence-electron chi connectivity index (χ4n) is 2.46. The van der Waals surface area contributed by atoms with Gasteiger partial charge in [0.1, 0.15) is 5.69 Å². The summed E-state index contributed by atoms with van der Waals surface area (Å²) in [6.07, 6.45) is 0.762. The number of carbonyl (C=O) groups excluding carboxylic acids is 2. The number of carbonyl (C=O) groups is 2. The molecule has 5 nitrogen and oxygen atoms in total. The molecule has 1 atom stereocenters. The Morgan fingerprint density at radius 1 is 1.27 bits per heavy atom. The minimum atomic E-state index is -0.0981. The summed E-state index contributed by atoms with van der Waals surface area (Å²) in [7, 11) is 1.76. The number of aromatic amines is 1. The molecule has 1 unspecified atom stereocenters. The first-order valence-corrected chi connectivity index (χ1v) is 7.37. The van der Waals surface area contributed by atoms with E-state index in [2.05, 4.69) is 18.8 Å². The molecule has 0 saturated carbocycles. The monoisotopic (exact) mass is 329 g/mol. The van der Waals surface area contributed by atoms with E-state index >= 15 is 0 Å². The van der Waals surface area contributed by atoms with Crippen LogP contribution in [0.1, 0.15) is 59.3 Å². The lowest BCUT2D eigenvalue weighted by atomic mass is 10.0. The molecule has 3 N–H and O–H groups in total. The molecule has 0 bridgehead atoms. The summed E-state index contributed by atoms with van der Waals surface area (Å²) < 4.78 is 0. The summed E-state index contributed by atoms with van der Waals surface area (Å²) in [6, 6.07) is 0.0829. The molecule has 0 saturated heterocycles. The van der Waals surface area contributed by atoms with Crippen LogP contribution in [0.5, 0.6) is 0 Å². The number of amides is 1. The Labute approximate surface area is 139 Å². The average molecular weight is 330 g/mol. The van der Waals surface area contributed by atoms with Crippen LogP contribution < -0.4 is 5.73 Å². The van der Waals surface area contributed by atoms with Crippen molar-refractivity contribution in [3.63, 3.8) is 0 Å². The van der Waals surface area contributed by atoms with Crippen molar-refractivity contribution in [1.29, 1.82) is 0 Å². The van der Waals surface area contributed by atoms with Crippen molar-refractivity contribution >= 4 is 24.1 Å². The largest absolute Gasteiger partial charge is 0.354 e. The quantitative estimate of drug-likeness (QED) is 0.787. The summed E-state index contributed by atoms with van der Waals surface area (Å²) in [6.45, 7) is 9.89. The fourth-order valence-corrected chi connectivity index (χ4v) is 2.46. The van der Waals surface area contributed by atoms with Crippen molar-refractivity contribution in [1.82, 2.24) is 9.88 Å². The molecule has 1 rings (SSSR count). The van der Waals surface area contributed by atoms with E-state index in [0.29, 0.717) is 23.7 Å². The molecule has 0 aliphatic heterocycles. The number of ketones is 1. The van der Waals surface area contributed by atoms with Gasteiger partial charge in [-0.25, -0.2) is 0 Å². The first-order chi connectivity index (χ1) is 9.66.